The Hall–Kier alpha value is -1.84. The van der Waals surface area contributed by atoms with Gasteiger partial charge in [0.05, 0.1) is 15.9 Å². The topological polar surface area (TPSA) is 64.7 Å². The molecule has 6 nitrogen and oxygen atoms in total. The predicted molar refractivity (Wildman–Crippen MR) is 93.7 cm³/mol. The smallest absolute Gasteiger partial charge is 0.354 e. The number of nitrogens with zero attached hydrogens (tertiary/aromatic N) is 4. The molecule has 144 valence electrons. The van der Waals surface area contributed by atoms with Crippen LogP contribution in [0.15, 0.2) is 10.5 Å². The molecule has 1 amide bonds. The normalized spacial score (nSPS) is 13.1. The van der Waals surface area contributed by atoms with Crippen molar-refractivity contribution in [1.29, 1.82) is 0 Å². The lowest BCUT2D eigenvalue weighted by molar-refractivity contribution is -0.142. The van der Waals surface area contributed by atoms with Crippen LogP contribution in [0.4, 0.5) is 13.2 Å². The molecule has 0 fully saturated rings. The first-order valence-electron chi connectivity index (χ1n) is 8.13. The molecule has 0 aliphatic rings. The SMILES string of the molecule is Cc1cc(C)n(CCCNC(=O)C(C)n2nc(C(F)(F)F)c(Br)c2C)n1. The molecule has 0 bridgehead atoms. The van der Waals surface area contributed by atoms with Gasteiger partial charge in [0.25, 0.3) is 0 Å². The zero-order chi connectivity index (χ0) is 19.6. The van der Waals surface area contributed by atoms with Crippen molar-refractivity contribution in [1.82, 2.24) is 24.9 Å². The van der Waals surface area contributed by atoms with E-state index in [1.54, 1.807) is 0 Å². The van der Waals surface area contributed by atoms with Crippen molar-refractivity contribution in [3.05, 3.63) is 33.3 Å². The Balaban J connectivity index is 1.94. The van der Waals surface area contributed by atoms with Gasteiger partial charge >= 0.3 is 6.18 Å². The van der Waals surface area contributed by atoms with Crippen molar-refractivity contribution in [2.24, 2.45) is 0 Å². The Labute approximate surface area is 157 Å². The Kier molecular flexibility index (Phi) is 6.15. The summed E-state index contributed by atoms with van der Waals surface area (Å²) < 4.78 is 41.6. The van der Waals surface area contributed by atoms with Crippen molar-refractivity contribution in [3.8, 4) is 0 Å². The summed E-state index contributed by atoms with van der Waals surface area (Å²) >= 11 is 2.91. The van der Waals surface area contributed by atoms with Crippen molar-refractivity contribution < 1.29 is 18.0 Å². The van der Waals surface area contributed by atoms with Gasteiger partial charge in [-0.05, 0) is 56.1 Å². The summed E-state index contributed by atoms with van der Waals surface area (Å²) in [6.45, 7) is 7.92. The fraction of sp³-hybridized carbons (Fsp3) is 0.562. The molecule has 0 aliphatic carbocycles. The fourth-order valence-electron chi connectivity index (χ4n) is 2.66. The minimum atomic E-state index is -4.58. The van der Waals surface area contributed by atoms with Crippen LogP contribution < -0.4 is 5.32 Å². The number of nitrogens with one attached hydrogen (secondary N) is 1. The standard InChI is InChI=1S/C16H21BrF3N5O/c1-9-8-10(2)24(22-9)7-5-6-21-15(26)12(4)25-11(3)13(17)14(23-25)16(18,19)20/h8,12H,5-7H2,1-4H3,(H,21,26). The zero-order valence-corrected chi connectivity index (χ0v) is 16.6. The number of hydrogen-bond donors (Lipinski definition) is 1. The fourth-order valence-corrected chi connectivity index (χ4v) is 3.14. The first-order valence-corrected chi connectivity index (χ1v) is 8.92. The second-order valence-corrected chi connectivity index (χ2v) is 6.95. The average molecular weight is 436 g/mol. The molecule has 0 saturated heterocycles. The van der Waals surface area contributed by atoms with Gasteiger partial charge in [-0.3, -0.25) is 14.2 Å². The van der Waals surface area contributed by atoms with E-state index in [0.717, 1.165) is 16.1 Å². The highest BCUT2D eigenvalue weighted by Gasteiger charge is 2.38. The summed E-state index contributed by atoms with van der Waals surface area (Å²) in [4.78, 5) is 12.3. The van der Waals surface area contributed by atoms with E-state index in [2.05, 4.69) is 31.4 Å². The molecule has 2 aromatic rings. The van der Waals surface area contributed by atoms with Crippen LogP contribution in [0.3, 0.4) is 0 Å². The van der Waals surface area contributed by atoms with Crippen LogP contribution in [0, 0.1) is 20.8 Å². The summed E-state index contributed by atoms with van der Waals surface area (Å²) in [6, 6.07) is 1.12. The van der Waals surface area contributed by atoms with E-state index in [1.807, 2.05) is 24.6 Å². The van der Waals surface area contributed by atoms with Crippen LogP contribution in [-0.4, -0.2) is 32.0 Å². The van der Waals surface area contributed by atoms with Gasteiger partial charge in [0.15, 0.2) is 5.69 Å². The molecule has 0 radical (unpaired) electrons. The molecule has 10 heteroatoms. The van der Waals surface area contributed by atoms with E-state index in [9.17, 15) is 18.0 Å². The monoisotopic (exact) mass is 435 g/mol. The van der Waals surface area contributed by atoms with E-state index in [-0.39, 0.29) is 16.1 Å². The third-order valence-corrected chi connectivity index (χ3v) is 4.99. The highest BCUT2D eigenvalue weighted by molar-refractivity contribution is 9.10. The van der Waals surface area contributed by atoms with Crippen LogP contribution >= 0.6 is 15.9 Å². The minimum absolute atomic E-state index is 0.144. The van der Waals surface area contributed by atoms with E-state index in [0.29, 0.717) is 19.5 Å². The summed E-state index contributed by atoms with van der Waals surface area (Å²) in [5.41, 5.74) is 1.20. The van der Waals surface area contributed by atoms with Gasteiger partial charge in [-0.25, -0.2) is 0 Å². The maximum Gasteiger partial charge on any atom is 0.436 e. The molecule has 0 aliphatic heterocycles. The lowest BCUT2D eigenvalue weighted by Gasteiger charge is -2.14. The minimum Gasteiger partial charge on any atom is -0.354 e. The molecule has 0 saturated carbocycles. The Morgan fingerprint density at radius 2 is 1.96 bits per heavy atom. The number of carbonyl (C=O) groups is 1. The first-order chi connectivity index (χ1) is 12.0. The van der Waals surface area contributed by atoms with Crippen LogP contribution in [-0.2, 0) is 17.5 Å². The maximum atomic E-state index is 12.9. The molecular weight excluding hydrogens is 415 g/mol. The van der Waals surface area contributed by atoms with Gasteiger partial charge in [-0.1, -0.05) is 0 Å². The first kappa shape index (κ1) is 20.5. The number of hydrogen-bond acceptors (Lipinski definition) is 3. The molecular formula is C16H21BrF3N5O. The predicted octanol–water partition coefficient (Wildman–Crippen LogP) is 3.55. The molecule has 0 spiro atoms. The van der Waals surface area contributed by atoms with Gasteiger partial charge in [-0.2, -0.15) is 23.4 Å². The van der Waals surface area contributed by atoms with Crippen molar-refractivity contribution >= 4 is 21.8 Å². The highest BCUT2D eigenvalue weighted by atomic mass is 79.9. The van der Waals surface area contributed by atoms with Crippen molar-refractivity contribution in [2.75, 3.05) is 6.54 Å². The number of amides is 1. The second kappa shape index (κ2) is 7.81. The summed E-state index contributed by atoms with van der Waals surface area (Å²) in [7, 11) is 0. The lowest BCUT2D eigenvalue weighted by atomic mass is 10.3. The summed E-state index contributed by atoms with van der Waals surface area (Å²) in [6.07, 6.45) is -3.92. The van der Waals surface area contributed by atoms with Crippen LogP contribution in [0.5, 0.6) is 0 Å². The summed E-state index contributed by atoms with van der Waals surface area (Å²) in [5, 5.41) is 10.6. The Bertz CT molecular complexity index is 797. The van der Waals surface area contributed by atoms with Crippen LogP contribution in [0.1, 0.15) is 42.2 Å². The average Bonchev–Trinajstić information content (AvgIpc) is 3.02. The molecule has 2 aromatic heterocycles. The van der Waals surface area contributed by atoms with Crippen molar-refractivity contribution in [3.63, 3.8) is 0 Å². The molecule has 2 heterocycles. The zero-order valence-electron chi connectivity index (χ0n) is 15.0. The number of rotatable bonds is 6. The molecule has 26 heavy (non-hydrogen) atoms. The van der Waals surface area contributed by atoms with E-state index in [4.69, 9.17) is 0 Å². The van der Waals surface area contributed by atoms with Gasteiger partial charge in [-0.15, -0.1) is 0 Å². The van der Waals surface area contributed by atoms with Gasteiger partial charge in [0, 0.05) is 18.8 Å². The molecule has 1 N–H and O–H groups in total. The van der Waals surface area contributed by atoms with Gasteiger partial charge in [0.2, 0.25) is 5.91 Å². The van der Waals surface area contributed by atoms with E-state index < -0.39 is 17.9 Å². The molecule has 0 aromatic carbocycles. The molecule has 1 atom stereocenters. The van der Waals surface area contributed by atoms with Gasteiger partial charge < -0.3 is 5.32 Å². The van der Waals surface area contributed by atoms with E-state index >= 15 is 0 Å². The van der Waals surface area contributed by atoms with Gasteiger partial charge in [0.1, 0.15) is 6.04 Å². The van der Waals surface area contributed by atoms with E-state index in [1.165, 1.54) is 13.8 Å². The maximum absolute atomic E-state index is 12.9. The second-order valence-electron chi connectivity index (χ2n) is 6.16. The number of halogens is 4. The number of aromatic nitrogens is 4. The number of aryl methyl sites for hydroxylation is 3. The van der Waals surface area contributed by atoms with Crippen LogP contribution in [0.25, 0.3) is 0 Å². The quantitative estimate of drug-likeness (QED) is 0.705. The summed E-state index contributed by atoms with van der Waals surface area (Å²) in [5.74, 6) is -0.384. The Morgan fingerprint density at radius 1 is 1.31 bits per heavy atom. The third-order valence-electron chi connectivity index (χ3n) is 4.04. The molecule has 2 rings (SSSR count). The Morgan fingerprint density at radius 3 is 2.46 bits per heavy atom. The number of carbonyl (C=O) groups excluding carboxylic acids is 1. The lowest BCUT2D eigenvalue weighted by Crippen LogP contribution is -2.33. The number of alkyl halides is 3. The van der Waals surface area contributed by atoms with Crippen molar-refractivity contribution in [2.45, 2.75) is 52.9 Å². The molecule has 1 unspecified atom stereocenters. The van der Waals surface area contributed by atoms with Crippen LogP contribution in [0.2, 0.25) is 0 Å². The highest BCUT2D eigenvalue weighted by Crippen LogP contribution is 2.36. The third kappa shape index (κ3) is 4.46. The largest absolute Gasteiger partial charge is 0.436 e.